The van der Waals surface area contributed by atoms with Crippen LogP contribution in [0.15, 0.2) is 84.8 Å². The number of benzene rings is 2. The van der Waals surface area contributed by atoms with Gasteiger partial charge >= 0.3 is 0 Å². The Hall–Kier alpha value is -2.70. The minimum Gasteiger partial charge on any atom is -0.349 e. The van der Waals surface area contributed by atoms with Crippen LogP contribution in [-0.2, 0) is 16.6 Å². The summed E-state index contributed by atoms with van der Waals surface area (Å²) in [6, 6.07) is 15.1. The molecule has 0 saturated heterocycles. The molecular formula is C20H22N2O3S. The van der Waals surface area contributed by atoms with Crippen LogP contribution in [0.3, 0.4) is 0 Å². The van der Waals surface area contributed by atoms with Gasteiger partial charge in [-0.3, -0.25) is 4.79 Å². The van der Waals surface area contributed by atoms with Crippen LogP contribution in [0.1, 0.15) is 15.9 Å². The van der Waals surface area contributed by atoms with Crippen LogP contribution in [0.5, 0.6) is 0 Å². The molecule has 0 aliphatic carbocycles. The van der Waals surface area contributed by atoms with Gasteiger partial charge in [0.25, 0.3) is 5.91 Å². The lowest BCUT2D eigenvalue weighted by Gasteiger charge is -2.21. The maximum Gasteiger partial charge on any atom is 0.251 e. The van der Waals surface area contributed by atoms with Crippen molar-refractivity contribution in [3.05, 3.63) is 91.0 Å². The zero-order valence-corrected chi connectivity index (χ0v) is 15.3. The molecular weight excluding hydrogens is 348 g/mol. The molecule has 0 atom stereocenters. The van der Waals surface area contributed by atoms with Gasteiger partial charge in [0.05, 0.1) is 4.90 Å². The topological polar surface area (TPSA) is 66.5 Å². The van der Waals surface area contributed by atoms with Crippen LogP contribution >= 0.6 is 0 Å². The summed E-state index contributed by atoms with van der Waals surface area (Å²) in [6.45, 7) is 7.98. The Morgan fingerprint density at radius 2 is 1.65 bits per heavy atom. The number of hydrogen-bond acceptors (Lipinski definition) is 3. The van der Waals surface area contributed by atoms with E-state index in [9.17, 15) is 13.2 Å². The summed E-state index contributed by atoms with van der Waals surface area (Å²) in [6.07, 6.45) is 3.16. The van der Waals surface area contributed by atoms with Crippen LogP contribution in [0.25, 0.3) is 0 Å². The molecule has 2 aromatic carbocycles. The fraction of sp³-hybridized carbons (Fsp3) is 0.150. The summed E-state index contributed by atoms with van der Waals surface area (Å²) in [4.78, 5) is 12.1. The monoisotopic (exact) mass is 370 g/mol. The van der Waals surface area contributed by atoms with Gasteiger partial charge in [0, 0.05) is 25.2 Å². The summed E-state index contributed by atoms with van der Waals surface area (Å²) < 4.78 is 27.0. The van der Waals surface area contributed by atoms with Crippen molar-refractivity contribution in [1.29, 1.82) is 0 Å². The lowest BCUT2D eigenvalue weighted by Crippen LogP contribution is -2.30. The molecule has 0 saturated carbocycles. The molecule has 0 radical (unpaired) electrons. The average Bonchev–Trinajstić information content (AvgIpc) is 2.67. The van der Waals surface area contributed by atoms with E-state index in [2.05, 4.69) is 18.5 Å². The van der Waals surface area contributed by atoms with Gasteiger partial charge in [-0.15, -0.1) is 13.2 Å². The Morgan fingerprint density at radius 3 is 2.23 bits per heavy atom. The molecule has 0 fully saturated rings. The minimum absolute atomic E-state index is 0.192. The van der Waals surface area contributed by atoms with Crippen LogP contribution < -0.4 is 5.32 Å². The van der Waals surface area contributed by atoms with E-state index in [-0.39, 0.29) is 23.9 Å². The first kappa shape index (κ1) is 19.6. The fourth-order valence-corrected chi connectivity index (χ4v) is 3.79. The van der Waals surface area contributed by atoms with Crippen LogP contribution in [-0.4, -0.2) is 31.7 Å². The first-order valence-electron chi connectivity index (χ1n) is 8.13. The van der Waals surface area contributed by atoms with Crippen molar-refractivity contribution in [3.63, 3.8) is 0 Å². The van der Waals surface area contributed by atoms with Crippen LogP contribution in [0.2, 0.25) is 0 Å². The molecule has 0 aliphatic rings. The van der Waals surface area contributed by atoms with Gasteiger partial charge in [-0.1, -0.05) is 42.5 Å². The second-order valence-corrected chi connectivity index (χ2v) is 7.53. The number of carbonyl (C=O) groups excluding carboxylic acids is 1. The van der Waals surface area contributed by atoms with Gasteiger partial charge < -0.3 is 5.32 Å². The number of sulfonamides is 1. The quantitative estimate of drug-likeness (QED) is 0.690. The zero-order valence-electron chi connectivity index (χ0n) is 14.5. The predicted molar refractivity (Wildman–Crippen MR) is 103 cm³/mol. The van der Waals surface area contributed by atoms with Crippen molar-refractivity contribution < 1.29 is 13.2 Å². The summed E-state index contributed by atoms with van der Waals surface area (Å²) in [5, 5.41) is 2.70. The summed E-state index contributed by atoms with van der Waals surface area (Å²) in [7, 11) is -3.63. The highest BCUT2D eigenvalue weighted by molar-refractivity contribution is 7.89. The second kappa shape index (κ2) is 9.12. The van der Waals surface area contributed by atoms with Crippen molar-refractivity contribution in [2.24, 2.45) is 0 Å². The van der Waals surface area contributed by atoms with Crippen LogP contribution in [0.4, 0.5) is 0 Å². The van der Waals surface area contributed by atoms with Crippen molar-refractivity contribution in [2.45, 2.75) is 11.4 Å². The SMILES string of the molecule is C=CCNC(=O)c1ccc(CN(CC=C)S(=O)(=O)c2ccccc2)cc1. The highest BCUT2D eigenvalue weighted by Crippen LogP contribution is 2.18. The van der Waals surface area contributed by atoms with E-state index in [4.69, 9.17) is 0 Å². The van der Waals surface area contributed by atoms with E-state index in [1.54, 1.807) is 66.7 Å². The van der Waals surface area contributed by atoms with E-state index in [1.165, 1.54) is 4.31 Å². The lowest BCUT2D eigenvalue weighted by molar-refractivity contribution is 0.0958. The van der Waals surface area contributed by atoms with Gasteiger partial charge in [0.1, 0.15) is 0 Å². The maximum atomic E-state index is 12.8. The highest BCUT2D eigenvalue weighted by atomic mass is 32.2. The molecule has 2 aromatic rings. The molecule has 0 heterocycles. The highest BCUT2D eigenvalue weighted by Gasteiger charge is 2.23. The molecule has 0 aromatic heterocycles. The van der Waals surface area contributed by atoms with E-state index in [0.29, 0.717) is 12.1 Å². The molecule has 0 unspecified atom stereocenters. The molecule has 5 nitrogen and oxygen atoms in total. The molecule has 1 N–H and O–H groups in total. The Bertz CT molecular complexity index is 860. The molecule has 2 rings (SSSR count). The normalized spacial score (nSPS) is 11.1. The molecule has 0 spiro atoms. The second-order valence-electron chi connectivity index (χ2n) is 5.59. The number of rotatable bonds is 9. The standard InChI is InChI=1S/C20H22N2O3S/c1-3-14-21-20(23)18-12-10-17(11-13-18)16-22(15-4-2)26(24,25)19-8-6-5-7-9-19/h3-13H,1-2,14-16H2,(H,21,23). The van der Waals surface area contributed by atoms with E-state index in [1.807, 2.05) is 0 Å². The van der Waals surface area contributed by atoms with Gasteiger partial charge in [-0.25, -0.2) is 8.42 Å². The average molecular weight is 370 g/mol. The Kier molecular flexibility index (Phi) is 6.89. The van der Waals surface area contributed by atoms with Gasteiger partial charge in [0.15, 0.2) is 0 Å². The van der Waals surface area contributed by atoms with Crippen LogP contribution in [0, 0.1) is 0 Å². The van der Waals surface area contributed by atoms with Crippen molar-refractivity contribution >= 4 is 15.9 Å². The Morgan fingerprint density at radius 1 is 1.00 bits per heavy atom. The van der Waals surface area contributed by atoms with E-state index < -0.39 is 10.0 Å². The Labute approximate surface area is 154 Å². The van der Waals surface area contributed by atoms with Crippen molar-refractivity contribution in [2.75, 3.05) is 13.1 Å². The summed E-state index contributed by atoms with van der Waals surface area (Å²) in [5.41, 5.74) is 1.29. The molecule has 26 heavy (non-hydrogen) atoms. The molecule has 0 bridgehead atoms. The van der Waals surface area contributed by atoms with Gasteiger partial charge in [-0.2, -0.15) is 4.31 Å². The van der Waals surface area contributed by atoms with E-state index in [0.717, 1.165) is 5.56 Å². The predicted octanol–water partition coefficient (Wildman–Crippen LogP) is 2.98. The third-order valence-corrected chi connectivity index (χ3v) is 5.52. The number of hydrogen-bond donors (Lipinski definition) is 1. The smallest absolute Gasteiger partial charge is 0.251 e. The van der Waals surface area contributed by atoms with E-state index >= 15 is 0 Å². The maximum absolute atomic E-state index is 12.8. The Balaban J connectivity index is 2.19. The van der Waals surface area contributed by atoms with Gasteiger partial charge in [-0.05, 0) is 29.8 Å². The summed E-state index contributed by atoms with van der Waals surface area (Å²) in [5.74, 6) is -0.198. The summed E-state index contributed by atoms with van der Waals surface area (Å²) >= 11 is 0. The zero-order chi connectivity index (χ0) is 19.0. The molecule has 6 heteroatoms. The third-order valence-electron chi connectivity index (χ3n) is 3.70. The molecule has 0 aliphatic heterocycles. The number of nitrogens with zero attached hydrogens (tertiary/aromatic N) is 1. The van der Waals surface area contributed by atoms with Crippen molar-refractivity contribution in [1.82, 2.24) is 9.62 Å². The largest absolute Gasteiger partial charge is 0.349 e. The molecule has 1 amide bonds. The number of carbonyl (C=O) groups is 1. The minimum atomic E-state index is -3.63. The third kappa shape index (κ3) is 4.91. The lowest BCUT2D eigenvalue weighted by atomic mass is 10.1. The first-order chi connectivity index (χ1) is 12.5. The fourth-order valence-electron chi connectivity index (χ4n) is 2.37. The van der Waals surface area contributed by atoms with Crippen molar-refractivity contribution in [3.8, 4) is 0 Å². The van der Waals surface area contributed by atoms with Gasteiger partial charge in [0.2, 0.25) is 10.0 Å². The number of nitrogens with one attached hydrogen (secondary N) is 1. The number of amides is 1. The molecule has 136 valence electrons. The first-order valence-corrected chi connectivity index (χ1v) is 9.57.